The van der Waals surface area contributed by atoms with Gasteiger partial charge in [-0.2, -0.15) is 0 Å². The second-order valence-corrected chi connectivity index (χ2v) is 9.68. The van der Waals surface area contributed by atoms with Crippen molar-refractivity contribution in [3.05, 3.63) is 101 Å². The van der Waals surface area contributed by atoms with Crippen molar-refractivity contribution in [2.24, 2.45) is 0 Å². The maximum Gasteiger partial charge on any atom is 0.266 e. The van der Waals surface area contributed by atoms with Gasteiger partial charge in [-0.05, 0) is 60.8 Å². The Morgan fingerprint density at radius 1 is 0.860 bits per heavy atom. The van der Waals surface area contributed by atoms with E-state index in [0.717, 1.165) is 5.46 Å². The van der Waals surface area contributed by atoms with Crippen LogP contribution in [-0.4, -0.2) is 41.6 Å². The van der Waals surface area contributed by atoms with Gasteiger partial charge in [-0.1, -0.05) is 5.46 Å². The molecule has 0 saturated carbocycles. The molecule has 1 N–H and O–H groups in total. The molecule has 6 rings (SSSR count). The van der Waals surface area contributed by atoms with E-state index in [4.69, 9.17) is 14.2 Å². The van der Waals surface area contributed by atoms with E-state index in [2.05, 4.69) is 20.3 Å². The number of methoxy groups -OCH3 is 2. The highest BCUT2D eigenvalue weighted by Gasteiger charge is 2.18. The second kappa shape index (κ2) is 11.0. The van der Waals surface area contributed by atoms with Gasteiger partial charge in [-0.25, -0.2) is 23.7 Å². The van der Waals surface area contributed by atoms with Crippen molar-refractivity contribution in [2.75, 3.05) is 19.5 Å². The van der Waals surface area contributed by atoms with Crippen molar-refractivity contribution >= 4 is 46.5 Å². The lowest BCUT2D eigenvalue weighted by atomic mass is 9.89. The molecule has 0 radical (unpaired) electrons. The second-order valence-electron chi connectivity index (χ2n) is 9.68. The van der Waals surface area contributed by atoms with Gasteiger partial charge in [-0.15, -0.1) is 0 Å². The van der Waals surface area contributed by atoms with Crippen molar-refractivity contribution in [2.45, 2.75) is 6.92 Å². The monoisotopic (exact) mass is 579 g/mol. The normalized spacial score (nSPS) is 11.1. The average Bonchev–Trinajstić information content (AvgIpc) is 3.01. The zero-order chi connectivity index (χ0) is 30.2. The molecule has 3 aromatic heterocycles. The zero-order valence-electron chi connectivity index (χ0n) is 23.6. The smallest absolute Gasteiger partial charge is 0.266 e. The molecular weight excluding hydrogens is 555 g/mol. The van der Waals surface area contributed by atoms with Gasteiger partial charge in [-0.3, -0.25) is 9.36 Å². The van der Waals surface area contributed by atoms with Crippen LogP contribution in [0.3, 0.4) is 0 Å². The van der Waals surface area contributed by atoms with Crippen molar-refractivity contribution in [1.29, 1.82) is 0 Å². The van der Waals surface area contributed by atoms with Crippen molar-refractivity contribution in [1.82, 2.24) is 19.5 Å². The molecule has 0 aliphatic carbocycles. The minimum Gasteiger partial charge on any atom is -0.493 e. The van der Waals surface area contributed by atoms with Crippen LogP contribution in [0.15, 0.2) is 78.0 Å². The number of rotatable bonds is 7. The lowest BCUT2D eigenvalue weighted by Gasteiger charge is -2.17. The first kappa shape index (κ1) is 27.6. The van der Waals surface area contributed by atoms with Gasteiger partial charge in [0.05, 0.1) is 30.5 Å². The predicted octanol–water partition coefficient (Wildman–Crippen LogP) is 4.73. The van der Waals surface area contributed by atoms with Crippen molar-refractivity contribution in [3.63, 3.8) is 0 Å². The number of hydrogen-bond acceptors (Lipinski definition) is 8. The van der Waals surface area contributed by atoms with Crippen molar-refractivity contribution < 1.29 is 23.0 Å². The van der Waals surface area contributed by atoms with E-state index >= 15 is 4.39 Å². The third kappa shape index (κ3) is 4.96. The standard InChI is InChI=1S/C31H24BF2N5O4/c1-16-28(32)20-10-11-35-29(27(20)31(40)39(16)19-7-4-17(33)5-8-19)38-18-6-9-24(22(34)12-18)43-30-21-13-25(41-2)26(42-3)14-23(21)36-15-37-30/h4-15H,32H2,1-3H3,(H,35,38). The van der Waals surface area contributed by atoms with Gasteiger partial charge in [0.25, 0.3) is 5.56 Å². The summed E-state index contributed by atoms with van der Waals surface area (Å²) >= 11 is 0. The molecule has 3 aromatic carbocycles. The Labute approximate surface area is 245 Å². The molecule has 0 bridgehead atoms. The molecule has 0 amide bonds. The molecule has 0 aliphatic heterocycles. The minimum absolute atomic E-state index is 0.0728. The predicted molar refractivity (Wildman–Crippen MR) is 163 cm³/mol. The number of nitrogens with zero attached hydrogens (tertiary/aromatic N) is 4. The van der Waals surface area contributed by atoms with Crippen LogP contribution in [0, 0.1) is 18.6 Å². The summed E-state index contributed by atoms with van der Waals surface area (Å²) in [6.45, 7) is 1.83. The molecule has 9 nitrogen and oxygen atoms in total. The number of nitrogens with one attached hydrogen (secondary N) is 1. The maximum atomic E-state index is 15.4. The summed E-state index contributed by atoms with van der Waals surface area (Å²) in [6.07, 6.45) is 2.89. The molecule has 0 spiro atoms. The molecular formula is C31H24BF2N5O4. The van der Waals surface area contributed by atoms with Crippen LogP contribution >= 0.6 is 0 Å². The highest BCUT2D eigenvalue weighted by atomic mass is 19.1. The van der Waals surface area contributed by atoms with E-state index in [1.807, 2.05) is 14.8 Å². The minimum atomic E-state index is -0.673. The van der Waals surface area contributed by atoms with Gasteiger partial charge in [0.15, 0.2) is 23.1 Å². The lowest BCUT2D eigenvalue weighted by Crippen LogP contribution is -2.29. The number of ether oxygens (including phenoxy) is 3. The summed E-state index contributed by atoms with van der Waals surface area (Å²) in [7, 11) is 4.92. The van der Waals surface area contributed by atoms with Gasteiger partial charge in [0.2, 0.25) is 5.88 Å². The maximum absolute atomic E-state index is 15.4. The number of halogens is 2. The molecule has 0 fully saturated rings. The van der Waals surface area contributed by atoms with Gasteiger partial charge >= 0.3 is 0 Å². The highest BCUT2D eigenvalue weighted by molar-refractivity contribution is 6.40. The Bertz CT molecular complexity index is 2090. The lowest BCUT2D eigenvalue weighted by molar-refractivity contribution is 0.355. The fourth-order valence-corrected chi connectivity index (χ4v) is 4.96. The first-order valence-electron chi connectivity index (χ1n) is 13.2. The number of fused-ring (bicyclic) bond motifs is 2. The van der Waals surface area contributed by atoms with Gasteiger partial charge in [0.1, 0.15) is 25.8 Å². The summed E-state index contributed by atoms with van der Waals surface area (Å²) < 4.78 is 47.0. The van der Waals surface area contributed by atoms with E-state index in [1.165, 1.54) is 49.4 Å². The van der Waals surface area contributed by atoms with Crippen LogP contribution in [0.25, 0.3) is 27.4 Å². The number of hydrogen-bond donors (Lipinski definition) is 1. The van der Waals surface area contributed by atoms with Crippen LogP contribution in [0.4, 0.5) is 20.3 Å². The summed E-state index contributed by atoms with van der Waals surface area (Å²) in [5.41, 5.74) is 2.61. The molecule has 0 aliphatic rings. The third-order valence-corrected chi connectivity index (χ3v) is 7.24. The quantitative estimate of drug-likeness (QED) is 0.271. The van der Waals surface area contributed by atoms with Crippen LogP contribution < -0.4 is 30.5 Å². The molecule has 6 aromatic rings. The van der Waals surface area contributed by atoms with E-state index in [1.54, 1.807) is 42.6 Å². The van der Waals surface area contributed by atoms with E-state index in [-0.39, 0.29) is 23.0 Å². The average molecular weight is 579 g/mol. The van der Waals surface area contributed by atoms with Crippen LogP contribution in [0.5, 0.6) is 23.1 Å². The topological polar surface area (TPSA) is 100 Å². The third-order valence-electron chi connectivity index (χ3n) is 7.24. The Morgan fingerprint density at radius 2 is 1.60 bits per heavy atom. The number of pyridine rings is 2. The Kier molecular flexibility index (Phi) is 7.10. The van der Waals surface area contributed by atoms with Crippen LogP contribution in [-0.2, 0) is 0 Å². The largest absolute Gasteiger partial charge is 0.493 e. The number of benzene rings is 3. The molecule has 12 heteroatoms. The van der Waals surface area contributed by atoms with Gasteiger partial charge < -0.3 is 19.5 Å². The Hall–Kier alpha value is -5.52. The molecule has 43 heavy (non-hydrogen) atoms. The van der Waals surface area contributed by atoms with Crippen LogP contribution in [0.2, 0.25) is 0 Å². The summed E-state index contributed by atoms with van der Waals surface area (Å²) in [6, 6.07) is 15.1. The van der Waals surface area contributed by atoms with Crippen LogP contribution in [0.1, 0.15) is 5.69 Å². The van der Waals surface area contributed by atoms with Gasteiger partial charge in [0, 0.05) is 35.4 Å². The molecule has 0 unspecified atom stereocenters. The molecule has 0 atom stereocenters. The molecule has 214 valence electrons. The molecule has 3 heterocycles. The first-order chi connectivity index (χ1) is 20.8. The fourth-order valence-electron chi connectivity index (χ4n) is 4.96. The summed E-state index contributed by atoms with van der Waals surface area (Å²) in [5, 5.41) is 4.59. The SMILES string of the molecule is Bc1c(C)n(-c2ccc(F)cc2)c(=O)c2c(Nc3ccc(Oc4ncnc5cc(OC)c(OC)cc45)c(F)c3)nccc12. The number of anilines is 2. The molecule has 0 saturated heterocycles. The van der Waals surface area contributed by atoms with E-state index in [0.29, 0.717) is 50.2 Å². The zero-order valence-corrected chi connectivity index (χ0v) is 23.6. The fraction of sp³-hybridized carbons (Fsp3) is 0.0968. The summed E-state index contributed by atoms with van der Waals surface area (Å²) in [5.74, 6) is 0.160. The van der Waals surface area contributed by atoms with Crippen molar-refractivity contribution in [3.8, 4) is 28.8 Å². The summed E-state index contributed by atoms with van der Waals surface area (Å²) in [4.78, 5) is 26.6. The van der Waals surface area contributed by atoms with E-state index in [9.17, 15) is 9.18 Å². The van der Waals surface area contributed by atoms with E-state index < -0.39 is 11.6 Å². The Balaban J connectivity index is 1.36. The highest BCUT2D eigenvalue weighted by Crippen LogP contribution is 2.36. The first-order valence-corrected chi connectivity index (χ1v) is 13.2. The Morgan fingerprint density at radius 3 is 2.33 bits per heavy atom. The number of aromatic nitrogens is 4.